The van der Waals surface area contributed by atoms with Gasteiger partial charge in [-0.3, -0.25) is 9.69 Å². The molecule has 1 saturated heterocycles. The summed E-state index contributed by atoms with van der Waals surface area (Å²) in [5, 5.41) is 10.2. The molecule has 21 heavy (non-hydrogen) atoms. The van der Waals surface area contributed by atoms with Gasteiger partial charge in [0, 0.05) is 42.4 Å². The number of nitrogens with two attached hydrogens (primary N) is 1. The molecule has 1 fully saturated rings. The minimum absolute atomic E-state index is 0.427. The fourth-order valence-corrected chi connectivity index (χ4v) is 2.57. The van der Waals surface area contributed by atoms with Crippen LogP contribution in [0.2, 0.25) is 0 Å². The van der Waals surface area contributed by atoms with Gasteiger partial charge in [0.25, 0.3) is 0 Å². The number of amides is 1. The van der Waals surface area contributed by atoms with Crippen LogP contribution in [0.5, 0.6) is 0 Å². The number of carbonyl (C=O) groups is 1. The molecule has 1 amide bonds. The molecule has 1 aliphatic heterocycles. The third kappa shape index (κ3) is 3.17. The quantitative estimate of drug-likeness (QED) is 0.890. The Balaban J connectivity index is 1.80. The molecular formula is C15H18N4O2. The third-order valence-electron chi connectivity index (χ3n) is 3.79. The Labute approximate surface area is 122 Å². The van der Waals surface area contributed by atoms with Gasteiger partial charge >= 0.3 is 0 Å². The second kappa shape index (κ2) is 6.15. The summed E-state index contributed by atoms with van der Waals surface area (Å²) in [4.78, 5) is 13.6. The average Bonchev–Trinajstić information content (AvgIpc) is 2.53. The van der Waals surface area contributed by atoms with Crippen molar-refractivity contribution in [1.82, 2.24) is 15.1 Å². The molecule has 0 aliphatic carbocycles. The van der Waals surface area contributed by atoms with Gasteiger partial charge in [0.15, 0.2) is 0 Å². The molecule has 6 heteroatoms. The van der Waals surface area contributed by atoms with E-state index in [1.165, 1.54) is 0 Å². The van der Waals surface area contributed by atoms with Crippen LogP contribution in [0, 0.1) is 0 Å². The number of primary amides is 1. The van der Waals surface area contributed by atoms with E-state index < -0.39 is 5.91 Å². The van der Waals surface area contributed by atoms with Crippen molar-refractivity contribution in [3.05, 3.63) is 35.7 Å². The highest BCUT2D eigenvalue weighted by atomic mass is 16.5. The van der Waals surface area contributed by atoms with Gasteiger partial charge in [-0.1, -0.05) is 6.07 Å². The summed E-state index contributed by atoms with van der Waals surface area (Å²) in [6.45, 7) is 4.45. The number of ether oxygens (including phenoxy) is 1. The predicted octanol–water partition coefficient (Wildman–Crippen LogP) is 0.603. The Hall–Kier alpha value is -2.05. The number of hydrogen-bond acceptors (Lipinski definition) is 5. The second-order valence-electron chi connectivity index (χ2n) is 5.16. The van der Waals surface area contributed by atoms with Crippen LogP contribution in [0.25, 0.3) is 10.8 Å². The van der Waals surface area contributed by atoms with Gasteiger partial charge < -0.3 is 10.5 Å². The van der Waals surface area contributed by atoms with E-state index >= 15 is 0 Å². The highest BCUT2D eigenvalue weighted by Gasteiger charge is 2.12. The van der Waals surface area contributed by atoms with Crippen molar-refractivity contribution in [2.75, 3.05) is 32.8 Å². The largest absolute Gasteiger partial charge is 0.379 e. The van der Waals surface area contributed by atoms with Crippen molar-refractivity contribution in [2.45, 2.75) is 6.42 Å². The number of fused-ring (bicyclic) bond motifs is 1. The highest BCUT2D eigenvalue weighted by Crippen LogP contribution is 2.18. The lowest BCUT2D eigenvalue weighted by molar-refractivity contribution is 0.0383. The van der Waals surface area contributed by atoms with Crippen LogP contribution in [0.15, 0.2) is 24.4 Å². The van der Waals surface area contributed by atoms with E-state index in [1.807, 2.05) is 6.07 Å². The van der Waals surface area contributed by atoms with E-state index in [9.17, 15) is 4.79 Å². The van der Waals surface area contributed by atoms with Crippen LogP contribution in [0.3, 0.4) is 0 Å². The van der Waals surface area contributed by atoms with Gasteiger partial charge in [-0.2, -0.15) is 10.2 Å². The van der Waals surface area contributed by atoms with E-state index in [-0.39, 0.29) is 0 Å². The fourth-order valence-electron chi connectivity index (χ4n) is 2.57. The van der Waals surface area contributed by atoms with Gasteiger partial charge in [-0.25, -0.2) is 0 Å². The first-order valence-electron chi connectivity index (χ1n) is 7.08. The predicted molar refractivity (Wildman–Crippen MR) is 79.0 cm³/mol. The van der Waals surface area contributed by atoms with E-state index in [4.69, 9.17) is 10.5 Å². The zero-order valence-electron chi connectivity index (χ0n) is 11.8. The first kappa shape index (κ1) is 13.9. The maximum absolute atomic E-state index is 11.2. The molecule has 0 radical (unpaired) electrons. The van der Waals surface area contributed by atoms with Crippen molar-refractivity contribution in [3.8, 4) is 0 Å². The molecule has 110 valence electrons. The lowest BCUT2D eigenvalue weighted by Gasteiger charge is -2.26. The van der Waals surface area contributed by atoms with Gasteiger partial charge in [0.05, 0.1) is 25.1 Å². The van der Waals surface area contributed by atoms with Crippen LogP contribution >= 0.6 is 0 Å². The average molecular weight is 286 g/mol. The van der Waals surface area contributed by atoms with E-state index in [1.54, 1.807) is 18.3 Å². The van der Waals surface area contributed by atoms with Crippen LogP contribution < -0.4 is 5.73 Å². The molecule has 3 rings (SSSR count). The molecule has 6 nitrogen and oxygen atoms in total. The number of aromatic nitrogens is 2. The van der Waals surface area contributed by atoms with E-state index in [2.05, 4.69) is 15.1 Å². The third-order valence-corrected chi connectivity index (χ3v) is 3.79. The number of morpholine rings is 1. The molecule has 2 N–H and O–H groups in total. The second-order valence-corrected chi connectivity index (χ2v) is 5.16. The van der Waals surface area contributed by atoms with Crippen LogP contribution in [0.1, 0.15) is 16.1 Å². The fraction of sp³-hybridized carbons (Fsp3) is 0.400. The monoisotopic (exact) mass is 286 g/mol. The summed E-state index contributed by atoms with van der Waals surface area (Å²) in [7, 11) is 0. The van der Waals surface area contributed by atoms with Crippen molar-refractivity contribution in [1.29, 1.82) is 0 Å². The van der Waals surface area contributed by atoms with E-state index in [0.29, 0.717) is 5.56 Å². The number of nitrogens with zero attached hydrogens (tertiary/aromatic N) is 3. The molecule has 0 spiro atoms. The normalized spacial score (nSPS) is 16.2. The van der Waals surface area contributed by atoms with Gasteiger partial charge in [0.1, 0.15) is 0 Å². The Morgan fingerprint density at radius 2 is 2.14 bits per heavy atom. The van der Waals surface area contributed by atoms with Gasteiger partial charge in [-0.15, -0.1) is 0 Å². The van der Waals surface area contributed by atoms with Crippen LogP contribution in [-0.2, 0) is 11.2 Å². The van der Waals surface area contributed by atoms with Gasteiger partial charge in [0.2, 0.25) is 5.91 Å². The van der Waals surface area contributed by atoms with Crippen molar-refractivity contribution < 1.29 is 9.53 Å². The summed E-state index contributed by atoms with van der Waals surface area (Å²) < 4.78 is 5.34. The van der Waals surface area contributed by atoms with Crippen molar-refractivity contribution >= 4 is 16.7 Å². The zero-order chi connectivity index (χ0) is 14.7. The number of hydrogen-bond donors (Lipinski definition) is 1. The summed E-state index contributed by atoms with van der Waals surface area (Å²) >= 11 is 0. The van der Waals surface area contributed by atoms with Crippen LogP contribution in [0.4, 0.5) is 0 Å². The number of benzene rings is 1. The maximum atomic E-state index is 11.2. The molecule has 0 atom stereocenters. The molecule has 2 heterocycles. The molecule has 2 aromatic rings. The molecule has 1 aromatic carbocycles. The molecule has 0 bridgehead atoms. The van der Waals surface area contributed by atoms with Crippen LogP contribution in [-0.4, -0.2) is 53.9 Å². The summed E-state index contributed by atoms with van der Waals surface area (Å²) in [5.74, 6) is -0.427. The minimum Gasteiger partial charge on any atom is -0.379 e. The molecule has 1 aliphatic rings. The molecule has 0 saturated carbocycles. The Morgan fingerprint density at radius 3 is 2.90 bits per heavy atom. The molecular weight excluding hydrogens is 268 g/mol. The Bertz CT molecular complexity index is 653. The lowest BCUT2D eigenvalue weighted by atomic mass is 10.1. The van der Waals surface area contributed by atoms with Crippen molar-refractivity contribution in [2.24, 2.45) is 5.73 Å². The lowest BCUT2D eigenvalue weighted by Crippen LogP contribution is -2.37. The SMILES string of the molecule is NC(=O)c1ccc2c(CCN3CCOCC3)nncc2c1. The van der Waals surface area contributed by atoms with E-state index in [0.717, 1.165) is 55.7 Å². The summed E-state index contributed by atoms with van der Waals surface area (Å²) in [5.41, 5.74) is 6.75. The number of carbonyl (C=O) groups excluding carboxylic acids is 1. The minimum atomic E-state index is -0.427. The molecule has 1 aromatic heterocycles. The first-order valence-corrected chi connectivity index (χ1v) is 7.08. The zero-order valence-corrected chi connectivity index (χ0v) is 11.8. The Kier molecular flexibility index (Phi) is 4.08. The number of rotatable bonds is 4. The standard InChI is InChI=1S/C15H18N4O2/c16-15(20)11-1-2-13-12(9-11)10-17-18-14(13)3-4-19-5-7-21-8-6-19/h1-2,9-10H,3-8H2,(H2,16,20). The van der Waals surface area contributed by atoms with Gasteiger partial charge in [-0.05, 0) is 12.1 Å². The summed E-state index contributed by atoms with van der Waals surface area (Å²) in [6, 6.07) is 5.41. The highest BCUT2D eigenvalue weighted by molar-refractivity contribution is 5.97. The maximum Gasteiger partial charge on any atom is 0.248 e. The Morgan fingerprint density at radius 1 is 1.33 bits per heavy atom. The van der Waals surface area contributed by atoms with Crippen molar-refractivity contribution in [3.63, 3.8) is 0 Å². The smallest absolute Gasteiger partial charge is 0.248 e. The first-order chi connectivity index (χ1) is 10.2. The summed E-state index contributed by atoms with van der Waals surface area (Å²) in [6.07, 6.45) is 2.50. The molecule has 0 unspecified atom stereocenters. The topological polar surface area (TPSA) is 81.3 Å².